The molecule has 5 saturated heterocycles. The standard InChI is InChI=1S/C37H58N2O27/c1-10-2-3-11(4-12(10)39(56)57)38-33-24(51)20(47)29(14(6-41)58-33)63-35-26(53)22(49)31(16(8-43)60-35)65-37-28(55)23(50)32(17(9-44)62-37)66-36-27(54)21(48)30(15(7-42)61-36)64-34-25(52)19(46)18(45)13(5-40)59-34/h2-4,13-38,40-55H,5-9H2,1H3/t13-,14-,15-,16+,17-,18-,19-,20-,21-,22+,23-,24+,25+,26+,27+,28+,29-,30-,31+,32-,33-,34+,35-,36+,37+/m1/s1. The molecule has 25 atom stereocenters. The second-order valence-electron chi connectivity index (χ2n) is 16.4. The molecular formula is C37H58N2O27. The fourth-order valence-electron chi connectivity index (χ4n) is 8.23. The molecule has 1 aromatic carbocycles. The Hall–Kier alpha value is -2.58. The van der Waals surface area contributed by atoms with Crippen molar-refractivity contribution in [3.63, 3.8) is 0 Å². The number of benzene rings is 1. The van der Waals surface area contributed by atoms with E-state index in [9.17, 15) is 91.8 Å². The third-order valence-corrected chi connectivity index (χ3v) is 12.1. The van der Waals surface area contributed by atoms with Gasteiger partial charge in [0.15, 0.2) is 31.4 Å². The average molecular weight is 963 g/mol. The highest BCUT2D eigenvalue weighted by Gasteiger charge is 2.56. The second kappa shape index (κ2) is 22.4. The van der Waals surface area contributed by atoms with E-state index in [1.165, 1.54) is 19.1 Å². The summed E-state index contributed by atoms with van der Waals surface area (Å²) < 4.78 is 50.3. The lowest BCUT2D eigenvalue weighted by atomic mass is 9.95. The summed E-state index contributed by atoms with van der Waals surface area (Å²) in [5, 5.41) is 183. The number of hydrogen-bond donors (Lipinski definition) is 17. The number of hydrogen-bond acceptors (Lipinski definition) is 28. The predicted octanol–water partition coefficient (Wildman–Crippen LogP) is -9.59. The Labute approximate surface area is 373 Å². The molecule has 0 radical (unpaired) electrons. The Morgan fingerprint density at radius 3 is 1.18 bits per heavy atom. The first kappa shape index (κ1) is 52.8. The summed E-state index contributed by atoms with van der Waals surface area (Å²) in [6.45, 7) is -3.10. The van der Waals surface area contributed by atoms with Gasteiger partial charge in [-0.15, -0.1) is 0 Å². The number of nitrogens with one attached hydrogen (secondary N) is 1. The van der Waals surface area contributed by atoms with Crippen LogP contribution in [0.5, 0.6) is 0 Å². The van der Waals surface area contributed by atoms with E-state index >= 15 is 0 Å². The highest BCUT2D eigenvalue weighted by molar-refractivity contribution is 5.55. The Bertz CT molecular complexity index is 1710. The molecule has 1 aromatic rings. The van der Waals surface area contributed by atoms with Gasteiger partial charge in [0.05, 0.1) is 38.0 Å². The quantitative estimate of drug-likeness (QED) is 0.0540. The molecule has 5 heterocycles. The Balaban J connectivity index is 1.07. The van der Waals surface area contributed by atoms with E-state index in [-0.39, 0.29) is 11.4 Å². The Morgan fingerprint density at radius 2 is 0.818 bits per heavy atom. The molecule has 0 unspecified atom stereocenters. The lowest BCUT2D eigenvalue weighted by Crippen LogP contribution is -2.68. The Morgan fingerprint density at radius 1 is 0.485 bits per heavy atom. The fourth-order valence-corrected chi connectivity index (χ4v) is 8.23. The van der Waals surface area contributed by atoms with Gasteiger partial charge >= 0.3 is 0 Å². The summed E-state index contributed by atoms with van der Waals surface area (Å²) in [5.74, 6) is 0. The van der Waals surface area contributed by atoms with Gasteiger partial charge in [0.1, 0.15) is 122 Å². The zero-order valence-electron chi connectivity index (χ0n) is 34.8. The van der Waals surface area contributed by atoms with E-state index in [0.29, 0.717) is 5.56 Å². The first-order chi connectivity index (χ1) is 31.3. The number of ether oxygens (including phenoxy) is 9. The lowest BCUT2D eigenvalue weighted by molar-refractivity contribution is -0.391. The van der Waals surface area contributed by atoms with Crippen LogP contribution in [0.2, 0.25) is 0 Å². The van der Waals surface area contributed by atoms with Gasteiger partial charge < -0.3 is 130 Å². The summed E-state index contributed by atoms with van der Waals surface area (Å²) >= 11 is 0. The number of aliphatic hydroxyl groups excluding tert-OH is 16. The van der Waals surface area contributed by atoms with Gasteiger partial charge in [0, 0.05) is 17.3 Å². The van der Waals surface area contributed by atoms with Crippen LogP contribution in [0.4, 0.5) is 11.4 Å². The molecule has 6 rings (SSSR count). The lowest BCUT2D eigenvalue weighted by Gasteiger charge is -2.49. The highest BCUT2D eigenvalue weighted by atomic mass is 16.8. The molecule has 0 spiro atoms. The maximum atomic E-state index is 11.4. The van der Waals surface area contributed by atoms with Gasteiger partial charge in [-0.2, -0.15) is 0 Å². The van der Waals surface area contributed by atoms with E-state index in [4.69, 9.17) is 42.6 Å². The molecule has 29 nitrogen and oxygen atoms in total. The molecule has 5 aliphatic heterocycles. The van der Waals surface area contributed by atoms with Crippen molar-refractivity contribution < 1.29 is 129 Å². The van der Waals surface area contributed by atoms with Crippen LogP contribution in [0.15, 0.2) is 18.2 Å². The normalized spacial score (nSPS) is 46.8. The number of nitro benzene ring substituents is 1. The van der Waals surface area contributed by atoms with Crippen molar-refractivity contribution in [3.8, 4) is 0 Å². The van der Waals surface area contributed by atoms with E-state index < -0.39 is 191 Å². The molecule has 378 valence electrons. The summed E-state index contributed by atoms with van der Waals surface area (Å²) in [7, 11) is 0. The molecule has 5 aliphatic rings. The van der Waals surface area contributed by atoms with Crippen LogP contribution in [0.1, 0.15) is 5.56 Å². The molecule has 0 saturated carbocycles. The minimum absolute atomic E-state index is 0.116. The van der Waals surface area contributed by atoms with E-state index in [0.717, 1.165) is 6.07 Å². The fraction of sp³-hybridized carbons (Fsp3) is 0.838. The third-order valence-electron chi connectivity index (χ3n) is 12.1. The summed E-state index contributed by atoms with van der Waals surface area (Å²) in [5.41, 5.74) is 0.198. The maximum absolute atomic E-state index is 11.4. The molecular weight excluding hydrogens is 904 g/mol. The molecule has 0 amide bonds. The van der Waals surface area contributed by atoms with Crippen molar-refractivity contribution in [2.75, 3.05) is 38.4 Å². The molecule has 17 N–H and O–H groups in total. The monoisotopic (exact) mass is 962 g/mol. The van der Waals surface area contributed by atoms with E-state index in [2.05, 4.69) is 5.32 Å². The van der Waals surface area contributed by atoms with Gasteiger partial charge in [-0.1, -0.05) is 6.07 Å². The van der Waals surface area contributed by atoms with Crippen molar-refractivity contribution in [1.82, 2.24) is 0 Å². The molecule has 66 heavy (non-hydrogen) atoms. The first-order valence-corrected chi connectivity index (χ1v) is 20.7. The van der Waals surface area contributed by atoms with Crippen LogP contribution in [-0.2, 0) is 42.6 Å². The van der Waals surface area contributed by atoms with E-state index in [1.54, 1.807) is 0 Å². The maximum Gasteiger partial charge on any atom is 0.274 e. The largest absolute Gasteiger partial charge is 0.394 e. The van der Waals surface area contributed by atoms with Gasteiger partial charge in [0.25, 0.3) is 5.69 Å². The molecule has 0 bridgehead atoms. The zero-order chi connectivity index (χ0) is 48.5. The summed E-state index contributed by atoms with van der Waals surface area (Å²) in [6.07, 6.45) is -45.9. The minimum Gasteiger partial charge on any atom is -0.394 e. The smallest absolute Gasteiger partial charge is 0.274 e. The number of nitro groups is 1. The van der Waals surface area contributed by atoms with Gasteiger partial charge in [-0.05, 0) is 13.0 Å². The SMILES string of the molecule is Cc1ccc(N[C@@H]2O[C@H](CO)[C@@H](O[C@H]3O[C@@H](CO)[C@H](O[C@@H]4O[C@H](CO)[C@@H](O[C@@H]5O[C@H](CO)[C@@H](O[C@@H]6O[C@H](CO)[C@@H](O)[C@@H](O)[C@@H]6O)[C@H](O)[C@@H]5O)[C@H](O)[C@@H]4O)[C@@H](O)[C@@H]3O)[C@H](O)[C@@H]2O)cc1[N+](=O)[O-]. The number of rotatable bonds is 16. The van der Waals surface area contributed by atoms with Crippen molar-refractivity contribution in [2.45, 2.75) is 160 Å². The third kappa shape index (κ3) is 10.8. The summed E-state index contributed by atoms with van der Waals surface area (Å²) in [6, 6.07) is 4.04. The molecule has 29 heteroatoms. The second-order valence-corrected chi connectivity index (χ2v) is 16.4. The average Bonchev–Trinajstić information content (AvgIpc) is 3.30. The first-order valence-electron chi connectivity index (χ1n) is 20.7. The number of aryl methyl sites for hydroxylation is 1. The zero-order valence-corrected chi connectivity index (χ0v) is 34.8. The number of aliphatic hydroxyl groups is 16. The minimum atomic E-state index is -2.15. The van der Waals surface area contributed by atoms with Crippen molar-refractivity contribution in [2.24, 2.45) is 0 Å². The van der Waals surface area contributed by atoms with Gasteiger partial charge in [-0.25, -0.2) is 0 Å². The van der Waals surface area contributed by atoms with Crippen molar-refractivity contribution >= 4 is 11.4 Å². The molecule has 0 aliphatic carbocycles. The number of anilines is 1. The van der Waals surface area contributed by atoms with Crippen LogP contribution >= 0.6 is 0 Å². The van der Waals surface area contributed by atoms with Crippen LogP contribution < -0.4 is 5.32 Å². The van der Waals surface area contributed by atoms with E-state index in [1.807, 2.05) is 0 Å². The van der Waals surface area contributed by atoms with Crippen molar-refractivity contribution in [3.05, 3.63) is 33.9 Å². The predicted molar refractivity (Wildman–Crippen MR) is 206 cm³/mol. The Kier molecular flexibility index (Phi) is 18.0. The summed E-state index contributed by atoms with van der Waals surface area (Å²) in [4.78, 5) is 10.8. The van der Waals surface area contributed by atoms with Crippen LogP contribution in [-0.4, -0.2) is 273 Å². The van der Waals surface area contributed by atoms with Crippen molar-refractivity contribution in [1.29, 1.82) is 0 Å². The highest BCUT2D eigenvalue weighted by Crippen LogP contribution is 2.36. The topological polar surface area (TPSA) is 462 Å². The van der Waals surface area contributed by atoms with Gasteiger partial charge in [-0.3, -0.25) is 10.1 Å². The molecule has 0 aromatic heterocycles. The van der Waals surface area contributed by atoms with Crippen LogP contribution in [0.25, 0.3) is 0 Å². The molecule has 5 fully saturated rings. The van der Waals surface area contributed by atoms with Gasteiger partial charge in [0.2, 0.25) is 0 Å². The van der Waals surface area contributed by atoms with Crippen LogP contribution in [0.3, 0.4) is 0 Å². The van der Waals surface area contributed by atoms with Crippen LogP contribution in [0, 0.1) is 17.0 Å². The number of nitrogens with zero attached hydrogens (tertiary/aromatic N) is 1.